The van der Waals surface area contributed by atoms with Gasteiger partial charge in [-0.05, 0) is 26.3 Å². The Morgan fingerprint density at radius 1 is 1.29 bits per heavy atom. The summed E-state index contributed by atoms with van der Waals surface area (Å²) in [6, 6.07) is 4.98. The van der Waals surface area contributed by atoms with Gasteiger partial charge in [-0.2, -0.15) is 4.72 Å². The predicted octanol–water partition coefficient (Wildman–Crippen LogP) is 0.489. The number of amides is 2. The van der Waals surface area contributed by atoms with E-state index in [0.717, 1.165) is 0 Å². The van der Waals surface area contributed by atoms with Crippen LogP contribution in [0.25, 0.3) is 0 Å². The van der Waals surface area contributed by atoms with Crippen LogP contribution in [-0.4, -0.2) is 54.5 Å². The van der Waals surface area contributed by atoms with E-state index in [1.54, 1.807) is 20.8 Å². The standard InChI is InChI=1S/C16H22N4O7S/c1-15(2,3)27-14(22)19-9-16(10-19,13(17)21)18-28(25,26)8-11-4-6-12(7-5-11)20(23)24/h4-7,18H,8-10H2,1-3H3,(H2,17,21). The molecule has 1 saturated heterocycles. The van der Waals surface area contributed by atoms with Gasteiger partial charge in [0.25, 0.3) is 5.69 Å². The van der Waals surface area contributed by atoms with Gasteiger partial charge in [0.2, 0.25) is 15.9 Å². The van der Waals surface area contributed by atoms with Crippen LogP contribution < -0.4 is 10.5 Å². The van der Waals surface area contributed by atoms with Crippen molar-refractivity contribution in [3.63, 3.8) is 0 Å². The quantitative estimate of drug-likeness (QED) is 0.505. The number of carbonyl (C=O) groups excluding carboxylic acids is 2. The number of rotatable bonds is 6. The molecule has 12 heteroatoms. The lowest BCUT2D eigenvalue weighted by molar-refractivity contribution is -0.384. The second-order valence-electron chi connectivity index (χ2n) is 7.57. The van der Waals surface area contributed by atoms with Crippen LogP contribution in [0.15, 0.2) is 24.3 Å². The molecule has 1 heterocycles. The van der Waals surface area contributed by atoms with E-state index in [4.69, 9.17) is 10.5 Å². The molecular formula is C16H22N4O7S. The summed E-state index contributed by atoms with van der Waals surface area (Å²) in [7, 11) is -4.01. The van der Waals surface area contributed by atoms with Gasteiger partial charge in [0.15, 0.2) is 0 Å². The number of nitrogens with zero attached hydrogens (tertiary/aromatic N) is 2. The first kappa shape index (κ1) is 21.6. The van der Waals surface area contributed by atoms with E-state index in [1.165, 1.54) is 29.2 Å². The van der Waals surface area contributed by atoms with Crippen molar-refractivity contribution in [2.45, 2.75) is 37.7 Å². The van der Waals surface area contributed by atoms with Crippen LogP contribution in [-0.2, 0) is 25.3 Å². The van der Waals surface area contributed by atoms with Crippen molar-refractivity contribution < 1.29 is 27.7 Å². The molecule has 2 amide bonds. The molecule has 1 aliphatic rings. The highest BCUT2D eigenvalue weighted by atomic mass is 32.2. The molecule has 0 atom stereocenters. The number of benzene rings is 1. The summed E-state index contributed by atoms with van der Waals surface area (Å²) in [5.41, 5.74) is 3.11. The Morgan fingerprint density at radius 3 is 2.25 bits per heavy atom. The number of nitrogens with one attached hydrogen (secondary N) is 1. The van der Waals surface area contributed by atoms with Crippen LogP contribution >= 0.6 is 0 Å². The number of carbonyl (C=O) groups is 2. The van der Waals surface area contributed by atoms with Gasteiger partial charge in [-0.25, -0.2) is 13.2 Å². The van der Waals surface area contributed by atoms with Crippen molar-refractivity contribution in [1.82, 2.24) is 9.62 Å². The summed E-state index contributed by atoms with van der Waals surface area (Å²) in [4.78, 5) is 35.1. The zero-order chi connectivity index (χ0) is 21.3. The molecule has 11 nitrogen and oxygen atoms in total. The summed E-state index contributed by atoms with van der Waals surface area (Å²) in [5, 5.41) is 10.7. The molecule has 1 aliphatic heterocycles. The van der Waals surface area contributed by atoms with Gasteiger partial charge in [0.05, 0.1) is 23.8 Å². The Hall–Kier alpha value is -2.73. The van der Waals surface area contributed by atoms with Crippen molar-refractivity contribution in [2.75, 3.05) is 13.1 Å². The van der Waals surface area contributed by atoms with Gasteiger partial charge in [-0.1, -0.05) is 12.1 Å². The summed E-state index contributed by atoms with van der Waals surface area (Å²) in [5.74, 6) is -1.42. The van der Waals surface area contributed by atoms with Crippen LogP contribution in [0.4, 0.5) is 10.5 Å². The van der Waals surface area contributed by atoms with E-state index in [1.807, 2.05) is 0 Å². The summed E-state index contributed by atoms with van der Waals surface area (Å²) in [6.45, 7) is 4.53. The second-order valence-corrected chi connectivity index (χ2v) is 9.29. The topological polar surface area (TPSA) is 162 Å². The lowest BCUT2D eigenvalue weighted by atomic mass is 9.91. The maximum Gasteiger partial charge on any atom is 0.410 e. The van der Waals surface area contributed by atoms with E-state index >= 15 is 0 Å². The molecule has 0 aromatic heterocycles. The number of nitro benzene ring substituents is 1. The molecule has 1 fully saturated rings. The molecule has 28 heavy (non-hydrogen) atoms. The van der Waals surface area contributed by atoms with Crippen LogP contribution in [0.1, 0.15) is 26.3 Å². The fourth-order valence-electron chi connectivity index (χ4n) is 2.60. The van der Waals surface area contributed by atoms with Gasteiger partial charge in [0, 0.05) is 12.1 Å². The minimum atomic E-state index is -4.01. The van der Waals surface area contributed by atoms with Crippen molar-refractivity contribution in [1.29, 1.82) is 0 Å². The van der Waals surface area contributed by atoms with Crippen molar-refractivity contribution in [2.24, 2.45) is 5.73 Å². The number of nitrogens with two attached hydrogens (primary N) is 1. The first-order chi connectivity index (χ1) is 12.7. The predicted molar refractivity (Wildman–Crippen MR) is 98.6 cm³/mol. The average Bonchev–Trinajstić information content (AvgIpc) is 2.48. The van der Waals surface area contributed by atoms with Crippen LogP contribution in [0, 0.1) is 10.1 Å². The third-order valence-electron chi connectivity index (χ3n) is 3.90. The number of nitro groups is 1. The van der Waals surface area contributed by atoms with Gasteiger partial charge in [-0.3, -0.25) is 14.9 Å². The van der Waals surface area contributed by atoms with Crippen LogP contribution in [0.3, 0.4) is 0 Å². The Bertz CT molecular complexity index is 885. The maximum absolute atomic E-state index is 12.4. The normalized spacial score (nSPS) is 16.2. The minimum absolute atomic E-state index is 0.172. The monoisotopic (exact) mass is 414 g/mol. The third kappa shape index (κ3) is 5.16. The van der Waals surface area contributed by atoms with Crippen molar-refractivity contribution >= 4 is 27.7 Å². The van der Waals surface area contributed by atoms with E-state index < -0.39 is 43.8 Å². The Labute approximate surface area is 162 Å². The van der Waals surface area contributed by atoms with E-state index in [9.17, 15) is 28.1 Å². The van der Waals surface area contributed by atoms with Gasteiger partial charge < -0.3 is 15.4 Å². The molecule has 0 saturated carbocycles. The number of sulfonamides is 1. The molecule has 2 rings (SSSR count). The van der Waals surface area contributed by atoms with Gasteiger partial charge >= 0.3 is 6.09 Å². The zero-order valence-corrected chi connectivity index (χ0v) is 16.5. The van der Waals surface area contributed by atoms with Crippen molar-refractivity contribution in [3.8, 4) is 0 Å². The molecule has 154 valence electrons. The van der Waals surface area contributed by atoms with Gasteiger partial charge in [0.1, 0.15) is 11.1 Å². The molecular weight excluding hydrogens is 392 g/mol. The highest BCUT2D eigenvalue weighted by Crippen LogP contribution is 2.25. The molecule has 0 bridgehead atoms. The summed E-state index contributed by atoms with van der Waals surface area (Å²) >= 11 is 0. The van der Waals surface area contributed by atoms with Crippen LogP contribution in [0.5, 0.6) is 0 Å². The number of primary amides is 1. The summed E-state index contributed by atoms with van der Waals surface area (Å²) < 4.78 is 32.3. The number of hydrogen-bond donors (Lipinski definition) is 2. The number of likely N-dealkylation sites (tertiary alicyclic amines) is 1. The number of ether oxygens (including phenoxy) is 1. The van der Waals surface area contributed by atoms with E-state index in [2.05, 4.69) is 4.72 Å². The van der Waals surface area contributed by atoms with E-state index in [0.29, 0.717) is 5.56 Å². The summed E-state index contributed by atoms with van der Waals surface area (Å²) in [6.07, 6.45) is -0.682. The molecule has 1 aromatic carbocycles. The molecule has 0 aliphatic carbocycles. The highest BCUT2D eigenvalue weighted by molar-refractivity contribution is 7.88. The smallest absolute Gasteiger partial charge is 0.410 e. The lowest BCUT2D eigenvalue weighted by Crippen LogP contribution is -2.76. The third-order valence-corrected chi connectivity index (χ3v) is 5.31. The SMILES string of the molecule is CC(C)(C)OC(=O)N1CC(NS(=O)(=O)Cc2ccc([N+](=O)[O-])cc2)(C(N)=O)C1. The van der Waals surface area contributed by atoms with Gasteiger partial charge in [-0.15, -0.1) is 0 Å². The Kier molecular flexibility index (Phi) is 5.67. The molecule has 1 aromatic rings. The second kappa shape index (κ2) is 7.36. The first-order valence-corrected chi connectivity index (χ1v) is 9.91. The number of hydrogen-bond acceptors (Lipinski definition) is 7. The molecule has 0 spiro atoms. The lowest BCUT2D eigenvalue weighted by Gasteiger charge is -2.47. The number of non-ortho nitro benzene ring substituents is 1. The highest BCUT2D eigenvalue weighted by Gasteiger charge is 2.53. The van der Waals surface area contributed by atoms with Crippen LogP contribution in [0.2, 0.25) is 0 Å². The average molecular weight is 414 g/mol. The fraction of sp³-hybridized carbons (Fsp3) is 0.500. The fourth-order valence-corrected chi connectivity index (χ4v) is 4.13. The Morgan fingerprint density at radius 2 is 1.82 bits per heavy atom. The van der Waals surface area contributed by atoms with E-state index in [-0.39, 0.29) is 18.8 Å². The molecule has 0 radical (unpaired) electrons. The minimum Gasteiger partial charge on any atom is -0.444 e. The molecule has 3 N–H and O–H groups in total. The Balaban J connectivity index is 2.07. The zero-order valence-electron chi connectivity index (χ0n) is 15.7. The van der Waals surface area contributed by atoms with Crippen molar-refractivity contribution in [3.05, 3.63) is 39.9 Å². The maximum atomic E-state index is 12.4. The molecule has 0 unspecified atom stereocenters. The first-order valence-electron chi connectivity index (χ1n) is 8.26. The largest absolute Gasteiger partial charge is 0.444 e.